The molecule has 0 saturated carbocycles. The van der Waals surface area contributed by atoms with E-state index >= 15 is 0 Å². The molecule has 0 aliphatic carbocycles. The third-order valence-corrected chi connectivity index (χ3v) is 2.25. The van der Waals surface area contributed by atoms with Crippen molar-refractivity contribution in [2.24, 2.45) is 5.41 Å². The van der Waals surface area contributed by atoms with Crippen LogP contribution < -0.4 is 5.32 Å². The fraction of sp³-hybridized carbons (Fsp3) is 1.00. The Labute approximate surface area is 89.4 Å². The summed E-state index contributed by atoms with van der Waals surface area (Å²) in [5.74, 6) is 0. The van der Waals surface area contributed by atoms with Crippen molar-refractivity contribution >= 4 is 0 Å². The van der Waals surface area contributed by atoms with Crippen LogP contribution in [0.1, 0.15) is 47.0 Å². The summed E-state index contributed by atoms with van der Waals surface area (Å²) in [7, 11) is 1.77. The summed E-state index contributed by atoms with van der Waals surface area (Å²) in [6.07, 6.45) is 3.62. The fourth-order valence-electron chi connectivity index (χ4n) is 1.78. The van der Waals surface area contributed by atoms with Crippen molar-refractivity contribution in [3.63, 3.8) is 0 Å². The van der Waals surface area contributed by atoms with Gasteiger partial charge in [-0.1, -0.05) is 27.7 Å². The van der Waals surface area contributed by atoms with Crippen LogP contribution in [-0.2, 0) is 4.74 Å². The van der Waals surface area contributed by atoms with Crippen molar-refractivity contribution in [3.8, 4) is 0 Å². The highest BCUT2D eigenvalue weighted by atomic mass is 16.5. The summed E-state index contributed by atoms with van der Waals surface area (Å²) in [6, 6.07) is 0.648. The Bertz CT molecular complexity index is 129. The molecule has 0 bridgehead atoms. The molecule has 0 aromatic carbocycles. The number of methoxy groups -OCH3 is 1. The Morgan fingerprint density at radius 2 is 1.93 bits per heavy atom. The number of hydrogen-bond donors (Lipinski definition) is 1. The van der Waals surface area contributed by atoms with Gasteiger partial charge in [0.25, 0.3) is 0 Å². The van der Waals surface area contributed by atoms with E-state index in [1.54, 1.807) is 7.11 Å². The fourth-order valence-corrected chi connectivity index (χ4v) is 1.78. The summed E-state index contributed by atoms with van der Waals surface area (Å²) in [5.41, 5.74) is 0.417. The molecular weight excluding hydrogens is 174 g/mol. The standard InChI is InChI=1S/C12H27NO/c1-6-13-11(8-7-9-14-5)10-12(2,3)4/h11,13H,6-10H2,1-5H3. The molecule has 14 heavy (non-hydrogen) atoms. The predicted octanol–water partition coefficient (Wildman–Crippen LogP) is 2.83. The van der Waals surface area contributed by atoms with Gasteiger partial charge in [-0.3, -0.25) is 0 Å². The molecule has 1 unspecified atom stereocenters. The van der Waals surface area contributed by atoms with Crippen molar-refractivity contribution in [1.82, 2.24) is 5.32 Å². The molecule has 1 N–H and O–H groups in total. The quantitative estimate of drug-likeness (QED) is 0.640. The van der Waals surface area contributed by atoms with Gasteiger partial charge in [0.2, 0.25) is 0 Å². The smallest absolute Gasteiger partial charge is 0.0462 e. The van der Waals surface area contributed by atoms with Gasteiger partial charge in [-0.25, -0.2) is 0 Å². The lowest BCUT2D eigenvalue weighted by Gasteiger charge is -2.26. The molecule has 0 aromatic rings. The van der Waals surface area contributed by atoms with E-state index < -0.39 is 0 Å². The minimum absolute atomic E-state index is 0.417. The first-order valence-corrected chi connectivity index (χ1v) is 5.72. The minimum atomic E-state index is 0.417. The van der Waals surface area contributed by atoms with Gasteiger partial charge in [0, 0.05) is 19.8 Å². The molecule has 0 spiro atoms. The first kappa shape index (κ1) is 13.9. The van der Waals surface area contributed by atoms with E-state index in [0.717, 1.165) is 19.6 Å². The Morgan fingerprint density at radius 3 is 2.36 bits per heavy atom. The van der Waals surface area contributed by atoms with Gasteiger partial charge < -0.3 is 10.1 Å². The van der Waals surface area contributed by atoms with E-state index in [1.165, 1.54) is 12.8 Å². The molecule has 0 amide bonds. The molecule has 0 aliphatic rings. The van der Waals surface area contributed by atoms with Crippen LogP contribution in [0.4, 0.5) is 0 Å². The van der Waals surface area contributed by atoms with Crippen molar-refractivity contribution in [1.29, 1.82) is 0 Å². The van der Waals surface area contributed by atoms with E-state index in [0.29, 0.717) is 11.5 Å². The van der Waals surface area contributed by atoms with Gasteiger partial charge in [-0.2, -0.15) is 0 Å². The van der Waals surface area contributed by atoms with Crippen LogP contribution in [0.25, 0.3) is 0 Å². The molecule has 0 radical (unpaired) electrons. The normalized spacial score (nSPS) is 14.4. The van der Waals surface area contributed by atoms with Crippen molar-refractivity contribution in [3.05, 3.63) is 0 Å². The number of rotatable bonds is 7. The maximum Gasteiger partial charge on any atom is 0.0462 e. The average molecular weight is 201 g/mol. The second-order valence-corrected chi connectivity index (χ2v) is 5.15. The molecular formula is C12H27NO. The highest BCUT2D eigenvalue weighted by Crippen LogP contribution is 2.22. The average Bonchev–Trinajstić information content (AvgIpc) is 2.02. The lowest BCUT2D eigenvalue weighted by atomic mass is 9.86. The summed E-state index contributed by atoms with van der Waals surface area (Å²) < 4.78 is 5.07. The lowest BCUT2D eigenvalue weighted by molar-refractivity contribution is 0.184. The molecule has 0 fully saturated rings. The first-order chi connectivity index (χ1) is 6.49. The maximum absolute atomic E-state index is 5.07. The molecule has 0 heterocycles. The van der Waals surface area contributed by atoms with Gasteiger partial charge in [0.15, 0.2) is 0 Å². The molecule has 1 atom stereocenters. The molecule has 86 valence electrons. The second-order valence-electron chi connectivity index (χ2n) is 5.15. The third kappa shape index (κ3) is 8.52. The van der Waals surface area contributed by atoms with Crippen molar-refractivity contribution in [2.75, 3.05) is 20.3 Å². The minimum Gasteiger partial charge on any atom is -0.385 e. The summed E-state index contributed by atoms with van der Waals surface area (Å²) in [5, 5.41) is 3.54. The van der Waals surface area contributed by atoms with Crippen LogP contribution in [0.5, 0.6) is 0 Å². The molecule has 0 aromatic heterocycles. The van der Waals surface area contributed by atoms with Gasteiger partial charge in [0.05, 0.1) is 0 Å². The van der Waals surface area contributed by atoms with Crippen LogP contribution in [0.2, 0.25) is 0 Å². The predicted molar refractivity (Wildman–Crippen MR) is 62.6 cm³/mol. The molecule has 0 saturated heterocycles. The molecule has 0 rings (SSSR count). The molecule has 0 aliphatic heterocycles. The Kier molecular flexibility index (Phi) is 7.20. The largest absolute Gasteiger partial charge is 0.385 e. The van der Waals surface area contributed by atoms with Crippen LogP contribution >= 0.6 is 0 Å². The lowest BCUT2D eigenvalue weighted by Crippen LogP contribution is -2.33. The van der Waals surface area contributed by atoms with Crippen molar-refractivity contribution < 1.29 is 4.74 Å². The van der Waals surface area contributed by atoms with Crippen LogP contribution in [0, 0.1) is 5.41 Å². The highest BCUT2D eigenvalue weighted by molar-refractivity contribution is 4.74. The Morgan fingerprint density at radius 1 is 1.29 bits per heavy atom. The topological polar surface area (TPSA) is 21.3 Å². The number of hydrogen-bond acceptors (Lipinski definition) is 2. The van der Waals surface area contributed by atoms with E-state index in [-0.39, 0.29) is 0 Å². The first-order valence-electron chi connectivity index (χ1n) is 5.72. The second kappa shape index (κ2) is 7.24. The van der Waals surface area contributed by atoms with E-state index in [4.69, 9.17) is 4.74 Å². The molecule has 2 heteroatoms. The summed E-state index contributed by atoms with van der Waals surface area (Å²) in [6.45, 7) is 11.0. The highest BCUT2D eigenvalue weighted by Gasteiger charge is 2.17. The van der Waals surface area contributed by atoms with E-state index in [1.807, 2.05) is 0 Å². The van der Waals surface area contributed by atoms with Gasteiger partial charge in [-0.05, 0) is 31.2 Å². The van der Waals surface area contributed by atoms with E-state index in [2.05, 4.69) is 33.0 Å². The summed E-state index contributed by atoms with van der Waals surface area (Å²) in [4.78, 5) is 0. The van der Waals surface area contributed by atoms with Crippen LogP contribution in [0.3, 0.4) is 0 Å². The number of nitrogens with one attached hydrogen (secondary N) is 1. The third-order valence-electron chi connectivity index (χ3n) is 2.25. The zero-order valence-corrected chi connectivity index (χ0v) is 10.5. The Hall–Kier alpha value is -0.0800. The number of ether oxygens (including phenoxy) is 1. The zero-order chi connectivity index (χ0) is 11.0. The zero-order valence-electron chi connectivity index (χ0n) is 10.5. The van der Waals surface area contributed by atoms with Crippen molar-refractivity contribution in [2.45, 2.75) is 53.0 Å². The maximum atomic E-state index is 5.07. The van der Waals surface area contributed by atoms with Gasteiger partial charge >= 0.3 is 0 Å². The molecule has 2 nitrogen and oxygen atoms in total. The van der Waals surface area contributed by atoms with Gasteiger partial charge in [-0.15, -0.1) is 0 Å². The van der Waals surface area contributed by atoms with Crippen LogP contribution in [-0.4, -0.2) is 26.3 Å². The van der Waals surface area contributed by atoms with Gasteiger partial charge in [0.1, 0.15) is 0 Å². The summed E-state index contributed by atoms with van der Waals surface area (Å²) >= 11 is 0. The SMILES string of the molecule is CCNC(CCCOC)CC(C)(C)C. The Balaban J connectivity index is 3.77. The van der Waals surface area contributed by atoms with Crippen LogP contribution in [0.15, 0.2) is 0 Å². The monoisotopic (exact) mass is 201 g/mol. The van der Waals surface area contributed by atoms with E-state index in [9.17, 15) is 0 Å².